The predicted molar refractivity (Wildman–Crippen MR) is 95.0 cm³/mol. The van der Waals surface area contributed by atoms with Crippen molar-refractivity contribution in [3.05, 3.63) is 17.4 Å². The van der Waals surface area contributed by atoms with E-state index < -0.39 is 5.60 Å². The molecular formula is C17H26ClN3O3. The van der Waals surface area contributed by atoms with E-state index in [4.69, 9.17) is 21.1 Å². The highest BCUT2D eigenvalue weighted by Gasteiger charge is 2.27. The lowest BCUT2D eigenvalue weighted by Crippen LogP contribution is -2.50. The van der Waals surface area contributed by atoms with E-state index in [0.29, 0.717) is 31.3 Å². The normalized spacial score (nSPS) is 15.6. The maximum atomic E-state index is 12.1. The van der Waals surface area contributed by atoms with Crippen LogP contribution in [0.15, 0.2) is 12.3 Å². The first-order valence-corrected chi connectivity index (χ1v) is 8.58. The van der Waals surface area contributed by atoms with Gasteiger partial charge in [0.2, 0.25) is 0 Å². The molecule has 0 unspecified atom stereocenters. The number of anilines is 1. The standard InChI is InChI=1S/C17H26ClN3O3/c1-12(2)23-14-10-15(18)19-11-13(14)20-6-8-21(9-7-20)16(22)24-17(3,4)5/h10-12H,6-9H2,1-5H3. The summed E-state index contributed by atoms with van der Waals surface area (Å²) in [5, 5.41) is 0.404. The van der Waals surface area contributed by atoms with E-state index in [2.05, 4.69) is 9.88 Å². The number of amides is 1. The molecule has 1 aromatic heterocycles. The van der Waals surface area contributed by atoms with Crippen LogP contribution in [0.2, 0.25) is 5.15 Å². The lowest BCUT2D eigenvalue weighted by atomic mass is 10.2. The first-order chi connectivity index (χ1) is 11.2. The number of ether oxygens (including phenoxy) is 2. The minimum atomic E-state index is -0.480. The molecule has 2 heterocycles. The monoisotopic (exact) mass is 355 g/mol. The third-order valence-electron chi connectivity index (χ3n) is 3.45. The van der Waals surface area contributed by atoms with Crippen molar-refractivity contribution in [2.45, 2.75) is 46.3 Å². The van der Waals surface area contributed by atoms with Gasteiger partial charge in [0, 0.05) is 32.2 Å². The molecule has 0 spiro atoms. The Morgan fingerprint density at radius 1 is 1.25 bits per heavy atom. The van der Waals surface area contributed by atoms with Gasteiger partial charge in [-0.15, -0.1) is 0 Å². The number of carbonyl (C=O) groups excluding carboxylic acids is 1. The first kappa shape index (κ1) is 18.6. The summed E-state index contributed by atoms with van der Waals surface area (Å²) >= 11 is 5.99. The molecule has 0 atom stereocenters. The average Bonchev–Trinajstić information content (AvgIpc) is 2.45. The van der Waals surface area contributed by atoms with Crippen LogP contribution in [-0.2, 0) is 4.74 Å². The Morgan fingerprint density at radius 3 is 2.42 bits per heavy atom. The maximum absolute atomic E-state index is 12.1. The molecule has 134 valence electrons. The van der Waals surface area contributed by atoms with Gasteiger partial charge in [-0.1, -0.05) is 11.6 Å². The number of aromatic nitrogens is 1. The number of hydrogen-bond donors (Lipinski definition) is 0. The van der Waals surface area contributed by atoms with Crippen molar-refractivity contribution < 1.29 is 14.3 Å². The Labute approximate surface area is 148 Å². The Kier molecular flexibility index (Phi) is 5.80. The average molecular weight is 356 g/mol. The number of piperazine rings is 1. The van der Waals surface area contributed by atoms with E-state index in [9.17, 15) is 4.79 Å². The highest BCUT2D eigenvalue weighted by molar-refractivity contribution is 6.29. The van der Waals surface area contributed by atoms with Crippen molar-refractivity contribution in [3.8, 4) is 5.75 Å². The van der Waals surface area contributed by atoms with Crippen LogP contribution in [-0.4, -0.2) is 53.9 Å². The van der Waals surface area contributed by atoms with E-state index >= 15 is 0 Å². The van der Waals surface area contributed by atoms with Crippen LogP contribution in [0.4, 0.5) is 10.5 Å². The number of hydrogen-bond acceptors (Lipinski definition) is 5. The zero-order valence-corrected chi connectivity index (χ0v) is 15.8. The van der Waals surface area contributed by atoms with Crippen molar-refractivity contribution in [2.24, 2.45) is 0 Å². The van der Waals surface area contributed by atoms with Gasteiger partial charge in [-0.2, -0.15) is 0 Å². The molecule has 6 nitrogen and oxygen atoms in total. The summed E-state index contributed by atoms with van der Waals surface area (Å²) in [5.74, 6) is 0.718. The van der Waals surface area contributed by atoms with Crippen LogP contribution in [0, 0.1) is 0 Å². The van der Waals surface area contributed by atoms with Gasteiger partial charge in [-0.05, 0) is 34.6 Å². The van der Waals surface area contributed by atoms with Crippen molar-refractivity contribution in [1.29, 1.82) is 0 Å². The van der Waals surface area contributed by atoms with Gasteiger partial charge >= 0.3 is 6.09 Å². The fourth-order valence-corrected chi connectivity index (χ4v) is 2.60. The van der Waals surface area contributed by atoms with Gasteiger partial charge in [-0.3, -0.25) is 0 Å². The van der Waals surface area contributed by atoms with Gasteiger partial charge < -0.3 is 19.3 Å². The van der Waals surface area contributed by atoms with Gasteiger partial charge in [-0.25, -0.2) is 9.78 Å². The molecule has 2 rings (SSSR count). The fourth-order valence-electron chi connectivity index (χ4n) is 2.45. The number of halogens is 1. The van der Waals surface area contributed by atoms with Crippen LogP contribution in [0.1, 0.15) is 34.6 Å². The number of pyridine rings is 1. The van der Waals surface area contributed by atoms with Crippen LogP contribution in [0.5, 0.6) is 5.75 Å². The molecule has 1 amide bonds. The third-order valence-corrected chi connectivity index (χ3v) is 3.65. The number of carbonyl (C=O) groups is 1. The molecule has 0 N–H and O–H groups in total. The molecule has 1 aliphatic rings. The van der Waals surface area contributed by atoms with Crippen LogP contribution >= 0.6 is 11.6 Å². The van der Waals surface area contributed by atoms with Crippen molar-refractivity contribution in [1.82, 2.24) is 9.88 Å². The molecule has 0 aromatic carbocycles. The van der Waals surface area contributed by atoms with Crippen molar-refractivity contribution in [2.75, 3.05) is 31.1 Å². The Hall–Kier alpha value is -1.69. The summed E-state index contributed by atoms with van der Waals surface area (Å²) in [4.78, 5) is 20.2. The first-order valence-electron chi connectivity index (χ1n) is 8.21. The second-order valence-corrected chi connectivity index (χ2v) is 7.48. The van der Waals surface area contributed by atoms with Gasteiger partial charge in [0.05, 0.1) is 18.0 Å². The van der Waals surface area contributed by atoms with E-state index in [1.165, 1.54) is 0 Å². The summed E-state index contributed by atoms with van der Waals surface area (Å²) in [6, 6.07) is 1.73. The third kappa shape index (κ3) is 5.16. The van der Waals surface area contributed by atoms with E-state index in [0.717, 1.165) is 11.4 Å². The summed E-state index contributed by atoms with van der Waals surface area (Å²) in [7, 11) is 0. The smallest absolute Gasteiger partial charge is 0.410 e. The fraction of sp³-hybridized carbons (Fsp3) is 0.647. The predicted octanol–water partition coefficient (Wildman–Crippen LogP) is 3.58. The Morgan fingerprint density at radius 2 is 1.88 bits per heavy atom. The van der Waals surface area contributed by atoms with E-state index in [1.54, 1.807) is 17.2 Å². The maximum Gasteiger partial charge on any atom is 0.410 e. The molecule has 1 fully saturated rings. The van der Waals surface area contributed by atoms with Crippen LogP contribution < -0.4 is 9.64 Å². The largest absolute Gasteiger partial charge is 0.489 e. The second kappa shape index (κ2) is 7.47. The highest BCUT2D eigenvalue weighted by Crippen LogP contribution is 2.31. The summed E-state index contributed by atoms with van der Waals surface area (Å²) in [6.45, 7) is 12.1. The molecule has 24 heavy (non-hydrogen) atoms. The summed E-state index contributed by atoms with van der Waals surface area (Å²) < 4.78 is 11.3. The molecule has 0 aliphatic carbocycles. The molecule has 0 bridgehead atoms. The van der Waals surface area contributed by atoms with Crippen LogP contribution in [0.25, 0.3) is 0 Å². The lowest BCUT2D eigenvalue weighted by molar-refractivity contribution is 0.0240. The summed E-state index contributed by atoms with van der Waals surface area (Å²) in [5.41, 5.74) is 0.420. The minimum absolute atomic E-state index is 0.0465. The Balaban J connectivity index is 2.03. The van der Waals surface area contributed by atoms with E-state index in [-0.39, 0.29) is 12.2 Å². The van der Waals surface area contributed by atoms with E-state index in [1.807, 2.05) is 34.6 Å². The Bertz CT molecular complexity index is 579. The lowest BCUT2D eigenvalue weighted by Gasteiger charge is -2.37. The molecule has 0 saturated carbocycles. The second-order valence-electron chi connectivity index (χ2n) is 7.10. The van der Waals surface area contributed by atoms with Gasteiger partial charge in [0.1, 0.15) is 16.5 Å². The topological polar surface area (TPSA) is 54.9 Å². The molecule has 1 aliphatic heterocycles. The summed E-state index contributed by atoms with van der Waals surface area (Å²) in [6.07, 6.45) is 1.50. The van der Waals surface area contributed by atoms with Gasteiger partial charge in [0.25, 0.3) is 0 Å². The number of nitrogens with zero attached hydrogens (tertiary/aromatic N) is 3. The van der Waals surface area contributed by atoms with Gasteiger partial charge in [0.15, 0.2) is 0 Å². The zero-order chi connectivity index (χ0) is 17.9. The highest BCUT2D eigenvalue weighted by atomic mass is 35.5. The van der Waals surface area contributed by atoms with Crippen molar-refractivity contribution >= 4 is 23.4 Å². The quantitative estimate of drug-likeness (QED) is 0.776. The van der Waals surface area contributed by atoms with Crippen LogP contribution in [0.3, 0.4) is 0 Å². The molecule has 7 heteroatoms. The molecular weight excluding hydrogens is 330 g/mol. The SMILES string of the molecule is CC(C)Oc1cc(Cl)ncc1N1CCN(C(=O)OC(C)(C)C)CC1. The molecule has 1 saturated heterocycles. The minimum Gasteiger partial charge on any atom is -0.489 e. The zero-order valence-electron chi connectivity index (χ0n) is 15.0. The van der Waals surface area contributed by atoms with Crippen molar-refractivity contribution in [3.63, 3.8) is 0 Å². The molecule has 0 radical (unpaired) electrons. The number of rotatable bonds is 3. The molecule has 1 aromatic rings.